The summed E-state index contributed by atoms with van der Waals surface area (Å²) in [5.41, 5.74) is 0.596. The van der Waals surface area contributed by atoms with E-state index in [0.29, 0.717) is 18.7 Å². The first kappa shape index (κ1) is 16.7. The fraction of sp³-hybridized carbons (Fsp3) is 0.526. The van der Waals surface area contributed by atoms with Crippen LogP contribution in [0.15, 0.2) is 24.3 Å². The number of hydrogen-bond donors (Lipinski definition) is 0. The lowest BCUT2D eigenvalue weighted by Crippen LogP contribution is -2.41. The van der Waals surface area contributed by atoms with Gasteiger partial charge in [0.05, 0.1) is 5.56 Å². The van der Waals surface area contributed by atoms with E-state index in [4.69, 9.17) is 0 Å². The molecule has 0 spiro atoms. The number of nitrogens with zero attached hydrogens (tertiary/aromatic N) is 2. The minimum Gasteiger partial charge on any atom is -0.339 e. The fourth-order valence-corrected chi connectivity index (χ4v) is 3.49. The maximum atomic E-state index is 12.8. The van der Waals surface area contributed by atoms with Crippen LogP contribution in [0.5, 0.6) is 0 Å². The highest BCUT2D eigenvalue weighted by Gasteiger charge is 2.29. The number of hydrogen-bond acceptors (Lipinski definition) is 3. The summed E-state index contributed by atoms with van der Waals surface area (Å²) in [5.74, 6) is -1.17. The SMILES string of the molecule is O=C(C(=O)N1CCCCC1)c1ccccc1C(=O)N1CCCCC1. The molecule has 2 heterocycles. The first-order valence-electron chi connectivity index (χ1n) is 8.90. The molecule has 1 aromatic rings. The van der Waals surface area contributed by atoms with Crippen LogP contribution in [0.25, 0.3) is 0 Å². The first-order chi connectivity index (χ1) is 11.7. The average molecular weight is 328 g/mol. The van der Waals surface area contributed by atoms with Crippen molar-refractivity contribution in [1.82, 2.24) is 9.80 Å². The molecule has 128 valence electrons. The van der Waals surface area contributed by atoms with E-state index in [2.05, 4.69) is 0 Å². The second-order valence-corrected chi connectivity index (χ2v) is 6.58. The molecule has 0 aliphatic carbocycles. The average Bonchev–Trinajstić information content (AvgIpc) is 2.67. The molecule has 1 aromatic carbocycles. The lowest BCUT2D eigenvalue weighted by Gasteiger charge is -2.28. The summed E-state index contributed by atoms with van der Waals surface area (Å²) in [4.78, 5) is 41.4. The van der Waals surface area contributed by atoms with Gasteiger partial charge < -0.3 is 9.80 Å². The summed E-state index contributed by atoms with van der Waals surface area (Å²) in [7, 11) is 0. The third-order valence-electron chi connectivity index (χ3n) is 4.88. The number of likely N-dealkylation sites (tertiary alicyclic amines) is 2. The van der Waals surface area contributed by atoms with Crippen molar-refractivity contribution in [2.75, 3.05) is 26.2 Å². The zero-order valence-corrected chi connectivity index (χ0v) is 14.0. The van der Waals surface area contributed by atoms with E-state index in [-0.39, 0.29) is 11.5 Å². The normalized spacial score (nSPS) is 18.3. The molecule has 2 fully saturated rings. The fourth-order valence-electron chi connectivity index (χ4n) is 3.49. The van der Waals surface area contributed by atoms with Crippen LogP contribution in [-0.2, 0) is 4.79 Å². The summed E-state index contributed by atoms with van der Waals surface area (Å²) >= 11 is 0. The molecule has 2 aliphatic heterocycles. The molecule has 24 heavy (non-hydrogen) atoms. The topological polar surface area (TPSA) is 57.7 Å². The number of carbonyl (C=O) groups is 3. The van der Waals surface area contributed by atoms with Crippen LogP contribution in [0.3, 0.4) is 0 Å². The van der Waals surface area contributed by atoms with Gasteiger partial charge in [-0.3, -0.25) is 14.4 Å². The Hall–Kier alpha value is -2.17. The third-order valence-corrected chi connectivity index (χ3v) is 4.88. The molecule has 0 radical (unpaired) electrons. The number of carbonyl (C=O) groups excluding carboxylic acids is 3. The van der Waals surface area contributed by atoms with Crippen molar-refractivity contribution >= 4 is 17.6 Å². The van der Waals surface area contributed by atoms with Crippen molar-refractivity contribution in [1.29, 1.82) is 0 Å². The molecule has 0 aromatic heterocycles. The van der Waals surface area contributed by atoms with Crippen LogP contribution in [0.4, 0.5) is 0 Å². The molecule has 3 rings (SSSR count). The zero-order chi connectivity index (χ0) is 16.9. The van der Waals surface area contributed by atoms with Crippen molar-refractivity contribution in [2.24, 2.45) is 0 Å². The Labute approximate surface area is 142 Å². The Morgan fingerprint density at radius 2 is 1.17 bits per heavy atom. The molecule has 2 aliphatic rings. The second-order valence-electron chi connectivity index (χ2n) is 6.58. The molecule has 0 unspecified atom stereocenters. The Morgan fingerprint density at radius 3 is 1.75 bits per heavy atom. The Kier molecular flexibility index (Phi) is 5.28. The van der Waals surface area contributed by atoms with Gasteiger partial charge in [0.15, 0.2) is 0 Å². The lowest BCUT2D eigenvalue weighted by molar-refractivity contribution is -0.127. The maximum absolute atomic E-state index is 12.8. The van der Waals surface area contributed by atoms with E-state index in [1.54, 1.807) is 34.1 Å². The minimum absolute atomic E-state index is 0.134. The second kappa shape index (κ2) is 7.60. The lowest BCUT2D eigenvalue weighted by atomic mass is 9.99. The molecular weight excluding hydrogens is 304 g/mol. The highest BCUT2D eigenvalue weighted by Crippen LogP contribution is 2.18. The van der Waals surface area contributed by atoms with E-state index in [1.807, 2.05) is 0 Å². The number of rotatable bonds is 3. The highest BCUT2D eigenvalue weighted by molar-refractivity contribution is 6.44. The monoisotopic (exact) mass is 328 g/mol. The van der Waals surface area contributed by atoms with Gasteiger partial charge in [0.2, 0.25) is 0 Å². The van der Waals surface area contributed by atoms with E-state index in [9.17, 15) is 14.4 Å². The van der Waals surface area contributed by atoms with Crippen LogP contribution in [0.2, 0.25) is 0 Å². The highest BCUT2D eigenvalue weighted by atomic mass is 16.2. The minimum atomic E-state index is -0.558. The van der Waals surface area contributed by atoms with Gasteiger partial charge in [0.1, 0.15) is 0 Å². The predicted octanol–water partition coefficient (Wildman–Crippen LogP) is 2.51. The van der Waals surface area contributed by atoms with Crippen LogP contribution in [-0.4, -0.2) is 53.6 Å². The number of benzene rings is 1. The first-order valence-corrected chi connectivity index (χ1v) is 8.90. The molecule has 5 nitrogen and oxygen atoms in total. The standard InChI is InChI=1S/C19H24N2O3/c22-17(19(24)21-13-7-2-8-14-21)15-9-3-4-10-16(15)18(23)20-11-5-1-6-12-20/h3-4,9-10H,1-2,5-8,11-14H2. The van der Waals surface area contributed by atoms with Gasteiger partial charge in [-0.1, -0.05) is 18.2 Å². The van der Waals surface area contributed by atoms with Crippen LogP contribution >= 0.6 is 0 Å². The zero-order valence-electron chi connectivity index (χ0n) is 14.0. The number of ketones is 1. The summed E-state index contributed by atoms with van der Waals surface area (Å²) in [5, 5.41) is 0. The van der Waals surface area contributed by atoms with Gasteiger partial charge in [-0.2, -0.15) is 0 Å². The van der Waals surface area contributed by atoms with E-state index < -0.39 is 11.7 Å². The van der Waals surface area contributed by atoms with Crippen molar-refractivity contribution in [3.05, 3.63) is 35.4 Å². The van der Waals surface area contributed by atoms with Gasteiger partial charge in [-0.25, -0.2) is 0 Å². The molecule has 0 saturated carbocycles. The summed E-state index contributed by atoms with van der Waals surface area (Å²) in [6, 6.07) is 6.72. The van der Waals surface area contributed by atoms with E-state index in [1.165, 1.54) is 0 Å². The predicted molar refractivity (Wildman–Crippen MR) is 91.0 cm³/mol. The maximum Gasteiger partial charge on any atom is 0.294 e. The molecule has 0 bridgehead atoms. The van der Waals surface area contributed by atoms with E-state index >= 15 is 0 Å². The van der Waals surface area contributed by atoms with Crippen LogP contribution in [0.1, 0.15) is 59.2 Å². The van der Waals surface area contributed by atoms with Gasteiger partial charge in [-0.05, 0) is 44.6 Å². The van der Waals surface area contributed by atoms with Gasteiger partial charge in [-0.15, -0.1) is 0 Å². The molecule has 2 saturated heterocycles. The Morgan fingerprint density at radius 1 is 0.667 bits per heavy atom. The Bertz CT molecular complexity index is 629. The van der Waals surface area contributed by atoms with Crippen molar-refractivity contribution in [3.63, 3.8) is 0 Å². The van der Waals surface area contributed by atoms with Crippen molar-refractivity contribution < 1.29 is 14.4 Å². The summed E-state index contributed by atoms with van der Waals surface area (Å²) in [6.07, 6.45) is 6.10. The quantitative estimate of drug-likeness (QED) is 0.633. The van der Waals surface area contributed by atoms with Crippen LogP contribution in [0, 0.1) is 0 Å². The van der Waals surface area contributed by atoms with Gasteiger partial charge >= 0.3 is 0 Å². The third kappa shape index (κ3) is 3.50. The molecule has 0 N–H and O–H groups in total. The summed E-state index contributed by atoms with van der Waals surface area (Å²) < 4.78 is 0. The summed E-state index contributed by atoms with van der Waals surface area (Å²) in [6.45, 7) is 2.71. The smallest absolute Gasteiger partial charge is 0.294 e. The molecule has 5 heteroatoms. The number of piperidine rings is 2. The van der Waals surface area contributed by atoms with Crippen molar-refractivity contribution in [3.8, 4) is 0 Å². The van der Waals surface area contributed by atoms with Crippen LogP contribution < -0.4 is 0 Å². The van der Waals surface area contributed by atoms with Gasteiger partial charge in [0, 0.05) is 31.7 Å². The van der Waals surface area contributed by atoms with Gasteiger partial charge in [0.25, 0.3) is 17.6 Å². The number of amides is 2. The van der Waals surface area contributed by atoms with E-state index in [0.717, 1.165) is 51.6 Å². The van der Waals surface area contributed by atoms with Crippen molar-refractivity contribution in [2.45, 2.75) is 38.5 Å². The molecule has 0 atom stereocenters. The Balaban J connectivity index is 1.81. The largest absolute Gasteiger partial charge is 0.339 e. The molecule has 2 amide bonds. The molecular formula is C19H24N2O3. The number of Topliss-reactive ketones (excluding diaryl/α,β-unsaturated/α-hetero) is 1.